The molecule has 168 valence electrons. The van der Waals surface area contributed by atoms with Crippen LogP contribution in [-0.4, -0.2) is 75.7 Å². The number of benzene rings is 2. The van der Waals surface area contributed by atoms with Crippen LogP contribution in [0.2, 0.25) is 0 Å². The Balaban J connectivity index is 1.35. The van der Waals surface area contributed by atoms with Crippen LogP contribution in [0.3, 0.4) is 0 Å². The summed E-state index contributed by atoms with van der Waals surface area (Å²) < 4.78 is 28.6. The highest BCUT2D eigenvalue weighted by atomic mass is 32.2. The van der Waals surface area contributed by atoms with Crippen molar-refractivity contribution in [2.45, 2.75) is 23.9 Å². The number of aromatic nitrogens is 4. The van der Waals surface area contributed by atoms with Crippen LogP contribution in [0.5, 0.6) is 0 Å². The number of tetrazole rings is 1. The zero-order chi connectivity index (χ0) is 22.7. The summed E-state index contributed by atoms with van der Waals surface area (Å²) in [6.07, 6.45) is 0. The zero-order valence-electron chi connectivity index (χ0n) is 17.9. The number of piperazine rings is 1. The van der Waals surface area contributed by atoms with Gasteiger partial charge in [-0.3, -0.25) is 4.79 Å². The van der Waals surface area contributed by atoms with Crippen LogP contribution >= 0.6 is 11.8 Å². The largest absolute Gasteiger partial charge is 0.339 e. The topological polar surface area (TPSA) is 101 Å². The fraction of sp³-hybridized carbons (Fsp3) is 0.333. The van der Waals surface area contributed by atoms with E-state index in [9.17, 15) is 13.2 Å². The molecule has 2 aromatic carbocycles. The molecule has 11 heteroatoms. The van der Waals surface area contributed by atoms with Crippen molar-refractivity contribution in [1.82, 2.24) is 29.4 Å². The van der Waals surface area contributed by atoms with E-state index in [4.69, 9.17) is 0 Å². The first-order valence-electron chi connectivity index (χ1n) is 10.2. The lowest BCUT2D eigenvalue weighted by Gasteiger charge is -2.34. The first kappa shape index (κ1) is 22.4. The Kier molecular flexibility index (Phi) is 6.58. The molecular formula is C21H24N6O3S2. The molecule has 0 spiro atoms. The molecule has 1 aromatic heterocycles. The molecule has 1 saturated heterocycles. The summed E-state index contributed by atoms with van der Waals surface area (Å²) in [5, 5.41) is 12.4. The van der Waals surface area contributed by atoms with Crippen LogP contribution < -0.4 is 0 Å². The predicted molar refractivity (Wildman–Crippen MR) is 121 cm³/mol. The molecule has 0 bridgehead atoms. The number of aryl methyl sites for hydroxylation is 2. The van der Waals surface area contributed by atoms with Gasteiger partial charge in [-0.2, -0.15) is 8.99 Å². The van der Waals surface area contributed by atoms with Crippen molar-refractivity contribution >= 4 is 27.7 Å². The van der Waals surface area contributed by atoms with E-state index < -0.39 is 10.0 Å². The third kappa shape index (κ3) is 4.69. The second kappa shape index (κ2) is 9.39. The van der Waals surface area contributed by atoms with Gasteiger partial charge >= 0.3 is 0 Å². The number of amides is 1. The molecule has 1 amide bonds. The summed E-state index contributed by atoms with van der Waals surface area (Å²) in [5.41, 5.74) is 3.15. The second-order valence-electron chi connectivity index (χ2n) is 7.53. The second-order valence-corrected chi connectivity index (χ2v) is 10.4. The maximum atomic E-state index is 12.8. The van der Waals surface area contributed by atoms with E-state index in [-0.39, 0.29) is 29.6 Å². The van der Waals surface area contributed by atoms with Gasteiger partial charge in [0, 0.05) is 26.2 Å². The van der Waals surface area contributed by atoms with Gasteiger partial charge in [-0.25, -0.2) is 8.42 Å². The van der Waals surface area contributed by atoms with Gasteiger partial charge < -0.3 is 4.90 Å². The van der Waals surface area contributed by atoms with Crippen molar-refractivity contribution < 1.29 is 13.2 Å². The van der Waals surface area contributed by atoms with Crippen molar-refractivity contribution in [1.29, 1.82) is 0 Å². The molecule has 1 aliphatic rings. The average Bonchev–Trinajstić information content (AvgIpc) is 3.28. The van der Waals surface area contributed by atoms with Gasteiger partial charge in [-0.15, -0.1) is 5.10 Å². The molecule has 0 aliphatic carbocycles. The number of sulfonamides is 1. The summed E-state index contributed by atoms with van der Waals surface area (Å²) in [5.74, 6) is 0.109. The minimum atomic E-state index is -3.54. The Hall–Kier alpha value is -2.76. The lowest BCUT2D eigenvalue weighted by atomic mass is 10.1. The maximum absolute atomic E-state index is 12.8. The Labute approximate surface area is 191 Å². The Morgan fingerprint density at radius 3 is 2.41 bits per heavy atom. The fourth-order valence-corrected chi connectivity index (χ4v) is 5.66. The first-order chi connectivity index (χ1) is 15.4. The van der Waals surface area contributed by atoms with Crippen LogP contribution in [-0.2, 0) is 14.8 Å². The quantitative estimate of drug-likeness (QED) is 0.505. The summed E-state index contributed by atoms with van der Waals surface area (Å²) >= 11 is 1.27. The molecule has 4 rings (SSSR count). The van der Waals surface area contributed by atoms with Crippen molar-refractivity contribution in [2.75, 3.05) is 31.9 Å². The third-order valence-corrected chi connectivity index (χ3v) is 8.29. The normalized spacial score (nSPS) is 15.1. The van der Waals surface area contributed by atoms with E-state index in [1.807, 2.05) is 32.0 Å². The Bertz CT molecular complexity index is 1210. The standard InChI is InChI=1S/C21H24N6O3S2/c1-16-8-9-18(14-17(16)2)27-21(22-23-24-27)31-15-20(28)25-10-12-26(13-11-25)32(29,30)19-6-4-3-5-7-19/h3-9,14H,10-13,15H2,1-2H3. The van der Waals surface area contributed by atoms with E-state index >= 15 is 0 Å². The van der Waals surface area contributed by atoms with Gasteiger partial charge in [-0.05, 0) is 59.7 Å². The van der Waals surface area contributed by atoms with Crippen molar-refractivity contribution in [3.8, 4) is 5.69 Å². The number of hydrogen-bond donors (Lipinski definition) is 0. The predicted octanol–water partition coefficient (Wildman–Crippen LogP) is 1.90. The molecule has 0 N–H and O–H groups in total. The van der Waals surface area contributed by atoms with E-state index in [1.165, 1.54) is 21.6 Å². The van der Waals surface area contributed by atoms with Gasteiger partial charge in [0.1, 0.15) is 0 Å². The van der Waals surface area contributed by atoms with E-state index in [0.717, 1.165) is 11.3 Å². The molecule has 0 radical (unpaired) electrons. The van der Waals surface area contributed by atoms with E-state index in [2.05, 4.69) is 15.5 Å². The molecule has 2 heterocycles. The molecule has 32 heavy (non-hydrogen) atoms. The van der Waals surface area contributed by atoms with Crippen molar-refractivity contribution in [3.63, 3.8) is 0 Å². The highest BCUT2D eigenvalue weighted by Crippen LogP contribution is 2.22. The average molecular weight is 473 g/mol. The lowest BCUT2D eigenvalue weighted by Crippen LogP contribution is -2.50. The highest BCUT2D eigenvalue weighted by Gasteiger charge is 2.30. The van der Waals surface area contributed by atoms with Crippen LogP contribution in [0.25, 0.3) is 5.69 Å². The number of nitrogens with zero attached hydrogens (tertiary/aromatic N) is 6. The number of carbonyl (C=O) groups excluding carboxylic acids is 1. The molecule has 0 atom stereocenters. The van der Waals surface area contributed by atoms with Crippen molar-refractivity contribution in [3.05, 3.63) is 59.7 Å². The first-order valence-corrected chi connectivity index (χ1v) is 12.6. The molecule has 0 unspecified atom stereocenters. The van der Waals surface area contributed by atoms with Crippen LogP contribution in [0, 0.1) is 13.8 Å². The van der Waals surface area contributed by atoms with Crippen molar-refractivity contribution in [2.24, 2.45) is 0 Å². The number of thioether (sulfide) groups is 1. The summed E-state index contributed by atoms with van der Waals surface area (Å²) in [7, 11) is -3.54. The zero-order valence-corrected chi connectivity index (χ0v) is 19.5. The summed E-state index contributed by atoms with van der Waals surface area (Å²) in [6, 6.07) is 14.3. The Morgan fingerprint density at radius 2 is 1.72 bits per heavy atom. The fourth-order valence-electron chi connectivity index (χ4n) is 3.43. The Morgan fingerprint density at radius 1 is 1.00 bits per heavy atom. The monoisotopic (exact) mass is 472 g/mol. The molecule has 1 aliphatic heterocycles. The number of hydrogen-bond acceptors (Lipinski definition) is 7. The van der Waals surface area contributed by atoms with Crippen LogP contribution in [0.15, 0.2) is 58.6 Å². The minimum absolute atomic E-state index is 0.0682. The minimum Gasteiger partial charge on any atom is -0.339 e. The van der Waals surface area contributed by atoms with E-state index in [1.54, 1.807) is 39.9 Å². The number of rotatable bonds is 6. The van der Waals surface area contributed by atoms with Crippen LogP contribution in [0.4, 0.5) is 0 Å². The molecule has 9 nitrogen and oxygen atoms in total. The SMILES string of the molecule is Cc1ccc(-n2nnnc2SCC(=O)N2CCN(S(=O)(=O)c3ccccc3)CC2)cc1C. The van der Waals surface area contributed by atoms with Gasteiger partial charge in [0.2, 0.25) is 21.1 Å². The molecular weight excluding hydrogens is 448 g/mol. The van der Waals surface area contributed by atoms with Gasteiger partial charge in [0.05, 0.1) is 16.3 Å². The molecule has 0 saturated carbocycles. The third-order valence-electron chi connectivity index (χ3n) is 5.47. The van der Waals surface area contributed by atoms with E-state index in [0.29, 0.717) is 18.2 Å². The summed E-state index contributed by atoms with van der Waals surface area (Å²) in [6.45, 7) is 5.32. The smallest absolute Gasteiger partial charge is 0.243 e. The number of carbonyl (C=O) groups is 1. The van der Waals surface area contributed by atoms with Gasteiger partial charge in [0.15, 0.2) is 0 Å². The maximum Gasteiger partial charge on any atom is 0.243 e. The van der Waals surface area contributed by atoms with Gasteiger partial charge in [0.25, 0.3) is 0 Å². The molecule has 3 aromatic rings. The highest BCUT2D eigenvalue weighted by molar-refractivity contribution is 7.99. The van der Waals surface area contributed by atoms with Gasteiger partial charge in [-0.1, -0.05) is 36.0 Å². The molecule has 1 fully saturated rings. The lowest BCUT2D eigenvalue weighted by molar-refractivity contribution is -0.129. The summed E-state index contributed by atoms with van der Waals surface area (Å²) in [4.78, 5) is 14.7. The van der Waals surface area contributed by atoms with Crippen LogP contribution in [0.1, 0.15) is 11.1 Å².